The highest BCUT2D eigenvalue weighted by Gasteiger charge is 2.31. The first-order valence-electron chi connectivity index (χ1n) is 5.66. The number of rotatable bonds is 2. The molecule has 0 aliphatic carbocycles. The number of nitrogens with one attached hydrogen (secondary N) is 2. The summed E-state index contributed by atoms with van der Waals surface area (Å²) < 4.78 is 5.13. The van der Waals surface area contributed by atoms with Crippen LogP contribution in [0.15, 0.2) is 30.6 Å². The van der Waals surface area contributed by atoms with Crippen LogP contribution < -0.4 is 15.0 Å². The van der Waals surface area contributed by atoms with Crippen LogP contribution >= 0.6 is 12.6 Å². The zero-order valence-electron chi connectivity index (χ0n) is 10.1. The Kier molecular flexibility index (Phi) is 2.83. The number of nitrogens with zero attached hydrogens (tertiary/aromatic N) is 2. The second-order valence-electron chi connectivity index (χ2n) is 4.02. The molecular formula is C12H12N4O2S. The van der Waals surface area contributed by atoms with E-state index in [0.717, 1.165) is 11.4 Å². The molecule has 0 radical (unpaired) electrons. The van der Waals surface area contributed by atoms with E-state index >= 15 is 0 Å². The fourth-order valence-corrected chi connectivity index (χ4v) is 2.37. The van der Waals surface area contributed by atoms with Crippen molar-refractivity contribution in [3.63, 3.8) is 0 Å². The van der Waals surface area contributed by atoms with Crippen molar-refractivity contribution in [3.05, 3.63) is 36.3 Å². The van der Waals surface area contributed by atoms with Crippen molar-refractivity contribution in [1.82, 2.24) is 15.3 Å². The minimum atomic E-state index is -0.461. The molecule has 1 amide bonds. The van der Waals surface area contributed by atoms with E-state index in [2.05, 4.69) is 27.9 Å². The largest absolute Gasteiger partial charge is 0.497 e. The maximum Gasteiger partial charge on any atom is 0.273 e. The number of anilines is 2. The number of benzene rings is 1. The number of amides is 1. The van der Waals surface area contributed by atoms with Crippen molar-refractivity contribution in [1.29, 1.82) is 0 Å². The van der Waals surface area contributed by atoms with Crippen LogP contribution in [0.25, 0.3) is 0 Å². The van der Waals surface area contributed by atoms with Gasteiger partial charge in [-0.2, -0.15) is 0 Å². The Morgan fingerprint density at radius 3 is 2.79 bits per heavy atom. The average molecular weight is 276 g/mol. The Bertz CT molecular complexity index is 610. The third kappa shape index (κ3) is 1.91. The van der Waals surface area contributed by atoms with Crippen LogP contribution in [0.4, 0.5) is 11.5 Å². The first-order chi connectivity index (χ1) is 9.20. The van der Waals surface area contributed by atoms with Gasteiger partial charge in [0.05, 0.1) is 13.4 Å². The Morgan fingerprint density at radius 2 is 2.11 bits per heavy atom. The van der Waals surface area contributed by atoms with Crippen LogP contribution in [0.2, 0.25) is 0 Å². The van der Waals surface area contributed by atoms with Crippen molar-refractivity contribution in [3.8, 4) is 5.75 Å². The standard InChI is InChI=1S/C12H12N4O2S/c1-18-8-4-2-7(3-5-8)16-10-9(13-6-14-10)11(17)15-12(16)19/h2-6,12,19H,1H3,(H,13,14)(H,15,17). The van der Waals surface area contributed by atoms with Gasteiger partial charge in [0.1, 0.15) is 11.4 Å². The lowest BCUT2D eigenvalue weighted by molar-refractivity contribution is 0.0940. The molecule has 0 spiro atoms. The van der Waals surface area contributed by atoms with Crippen molar-refractivity contribution in [2.24, 2.45) is 0 Å². The first-order valence-corrected chi connectivity index (χ1v) is 6.18. The summed E-state index contributed by atoms with van der Waals surface area (Å²) in [5.41, 5.74) is 0.840. The molecular weight excluding hydrogens is 264 g/mol. The lowest BCUT2D eigenvalue weighted by atomic mass is 10.2. The molecule has 19 heavy (non-hydrogen) atoms. The summed E-state index contributed by atoms with van der Waals surface area (Å²) in [5.74, 6) is 1.12. The maximum absolute atomic E-state index is 11.8. The molecule has 0 bridgehead atoms. The Balaban J connectivity index is 2.04. The van der Waals surface area contributed by atoms with Crippen molar-refractivity contribution < 1.29 is 9.53 Å². The number of carbonyl (C=O) groups is 1. The maximum atomic E-state index is 11.8. The highest BCUT2D eigenvalue weighted by Crippen LogP contribution is 2.32. The van der Waals surface area contributed by atoms with Crippen LogP contribution in [0, 0.1) is 0 Å². The number of fused-ring (bicyclic) bond motifs is 1. The normalized spacial score (nSPS) is 17.9. The molecule has 1 aliphatic heterocycles. The summed E-state index contributed by atoms with van der Waals surface area (Å²) in [7, 11) is 1.61. The highest BCUT2D eigenvalue weighted by molar-refractivity contribution is 7.81. The Hall–Kier alpha value is -2.15. The van der Waals surface area contributed by atoms with Gasteiger partial charge in [-0.25, -0.2) is 4.98 Å². The third-order valence-electron chi connectivity index (χ3n) is 2.93. The quantitative estimate of drug-likeness (QED) is 0.727. The Labute approximate surface area is 115 Å². The summed E-state index contributed by atoms with van der Waals surface area (Å²) in [4.78, 5) is 20.6. The summed E-state index contributed by atoms with van der Waals surface area (Å²) in [6.45, 7) is 0. The summed E-state index contributed by atoms with van der Waals surface area (Å²) in [5, 5.41) is 2.75. The number of imidazole rings is 1. The molecule has 1 aromatic heterocycles. The van der Waals surface area contributed by atoms with Crippen LogP contribution in [-0.2, 0) is 0 Å². The third-order valence-corrected chi connectivity index (χ3v) is 3.29. The topological polar surface area (TPSA) is 70.2 Å². The predicted molar refractivity (Wildman–Crippen MR) is 74.0 cm³/mol. The second-order valence-corrected chi connectivity index (χ2v) is 4.51. The fourth-order valence-electron chi connectivity index (χ4n) is 2.01. The average Bonchev–Trinajstić information content (AvgIpc) is 2.89. The monoisotopic (exact) mass is 276 g/mol. The van der Waals surface area contributed by atoms with Gasteiger partial charge in [0.15, 0.2) is 11.3 Å². The summed E-state index contributed by atoms with van der Waals surface area (Å²) in [6.07, 6.45) is 1.49. The van der Waals surface area contributed by atoms with Gasteiger partial charge < -0.3 is 15.0 Å². The molecule has 0 saturated heterocycles. The van der Waals surface area contributed by atoms with E-state index in [1.54, 1.807) is 7.11 Å². The zero-order chi connectivity index (χ0) is 13.4. The molecule has 6 nitrogen and oxygen atoms in total. The predicted octanol–water partition coefficient (Wildman–Crippen LogP) is 1.51. The molecule has 1 aliphatic rings. The van der Waals surface area contributed by atoms with Crippen molar-refractivity contribution in [2.45, 2.75) is 5.50 Å². The molecule has 0 saturated carbocycles. The molecule has 1 aromatic carbocycles. The molecule has 2 aromatic rings. The van der Waals surface area contributed by atoms with E-state index in [0.29, 0.717) is 11.5 Å². The molecule has 2 heterocycles. The minimum absolute atomic E-state index is 0.211. The van der Waals surface area contributed by atoms with E-state index in [1.165, 1.54) is 6.33 Å². The van der Waals surface area contributed by atoms with Gasteiger partial charge in [0, 0.05) is 5.69 Å². The van der Waals surface area contributed by atoms with Gasteiger partial charge >= 0.3 is 0 Å². The molecule has 7 heteroatoms. The van der Waals surface area contributed by atoms with Crippen LogP contribution in [-0.4, -0.2) is 28.5 Å². The molecule has 0 fully saturated rings. The van der Waals surface area contributed by atoms with E-state index < -0.39 is 5.50 Å². The van der Waals surface area contributed by atoms with E-state index in [9.17, 15) is 4.79 Å². The summed E-state index contributed by atoms with van der Waals surface area (Å²) >= 11 is 4.38. The van der Waals surface area contributed by atoms with Gasteiger partial charge in [0.2, 0.25) is 0 Å². The number of ether oxygens (including phenoxy) is 1. The van der Waals surface area contributed by atoms with Crippen LogP contribution in [0.5, 0.6) is 5.75 Å². The second kappa shape index (κ2) is 4.51. The van der Waals surface area contributed by atoms with Crippen molar-refractivity contribution >= 4 is 30.0 Å². The first kappa shape index (κ1) is 11.9. The lowest BCUT2D eigenvalue weighted by Gasteiger charge is -2.33. The van der Waals surface area contributed by atoms with Gasteiger partial charge in [-0.05, 0) is 24.3 Å². The number of carbonyl (C=O) groups excluding carboxylic acids is 1. The van der Waals surface area contributed by atoms with E-state index in [4.69, 9.17) is 4.74 Å². The molecule has 1 unspecified atom stereocenters. The fraction of sp³-hybridized carbons (Fsp3) is 0.167. The van der Waals surface area contributed by atoms with Crippen molar-refractivity contribution in [2.75, 3.05) is 12.0 Å². The smallest absolute Gasteiger partial charge is 0.273 e. The Morgan fingerprint density at radius 1 is 1.37 bits per heavy atom. The van der Waals surface area contributed by atoms with Crippen LogP contribution in [0.3, 0.4) is 0 Å². The van der Waals surface area contributed by atoms with Gasteiger partial charge in [-0.15, -0.1) is 12.6 Å². The SMILES string of the molecule is COc1ccc(N2c3nc[nH]c3C(=O)NC2S)cc1. The number of thiol groups is 1. The van der Waals surface area contributed by atoms with E-state index in [1.807, 2.05) is 29.2 Å². The lowest BCUT2D eigenvalue weighted by Crippen LogP contribution is -2.47. The van der Waals surface area contributed by atoms with Gasteiger partial charge in [0.25, 0.3) is 5.91 Å². The highest BCUT2D eigenvalue weighted by atomic mass is 32.1. The van der Waals surface area contributed by atoms with Gasteiger partial charge in [-0.1, -0.05) is 0 Å². The number of hydrogen-bond acceptors (Lipinski definition) is 5. The number of aromatic nitrogens is 2. The van der Waals surface area contributed by atoms with Gasteiger partial charge in [-0.3, -0.25) is 9.69 Å². The summed E-state index contributed by atoms with van der Waals surface area (Å²) in [6, 6.07) is 7.47. The molecule has 3 rings (SSSR count). The number of H-pyrrole nitrogens is 1. The zero-order valence-corrected chi connectivity index (χ0v) is 11.0. The molecule has 2 N–H and O–H groups in total. The number of hydrogen-bond donors (Lipinski definition) is 3. The van der Waals surface area contributed by atoms with E-state index in [-0.39, 0.29) is 5.91 Å². The molecule has 98 valence electrons. The molecule has 1 atom stereocenters. The minimum Gasteiger partial charge on any atom is -0.497 e. The van der Waals surface area contributed by atoms with Crippen LogP contribution in [0.1, 0.15) is 10.5 Å². The number of aromatic amines is 1. The number of methoxy groups -OCH3 is 1.